The molecule has 0 unspecified atom stereocenters. The number of likely N-dealkylation sites (tertiary alicyclic amines) is 1. The molecule has 6 nitrogen and oxygen atoms in total. The maximum absolute atomic E-state index is 12.6. The number of rotatable bonds is 6. The third-order valence-electron chi connectivity index (χ3n) is 5.89. The summed E-state index contributed by atoms with van der Waals surface area (Å²) in [6, 6.07) is 8.04. The molecule has 2 atom stereocenters. The number of primary amides is 1. The van der Waals surface area contributed by atoms with Crippen molar-refractivity contribution >= 4 is 17.5 Å². The minimum atomic E-state index is -0.183. The number of piperidine rings is 1. The SMILES string of the molecule is NC[C@H]1CCC[C@H]1C(=O)Nc1cccc(CN2CCC(C(N)=O)CC2)c1. The van der Waals surface area contributed by atoms with Crippen LogP contribution in [0.15, 0.2) is 24.3 Å². The van der Waals surface area contributed by atoms with Crippen LogP contribution in [0.1, 0.15) is 37.7 Å². The summed E-state index contributed by atoms with van der Waals surface area (Å²) in [5.74, 6) is 0.273. The average molecular weight is 358 g/mol. The Morgan fingerprint density at radius 2 is 1.92 bits per heavy atom. The lowest BCUT2D eigenvalue weighted by Crippen LogP contribution is -2.38. The molecule has 2 aliphatic rings. The first-order valence-corrected chi connectivity index (χ1v) is 9.68. The molecule has 1 saturated heterocycles. The molecule has 0 bridgehead atoms. The van der Waals surface area contributed by atoms with Crippen molar-refractivity contribution < 1.29 is 9.59 Å². The fourth-order valence-corrected chi connectivity index (χ4v) is 4.28. The first-order valence-electron chi connectivity index (χ1n) is 9.68. The highest BCUT2D eigenvalue weighted by molar-refractivity contribution is 5.93. The molecule has 1 heterocycles. The van der Waals surface area contributed by atoms with E-state index in [4.69, 9.17) is 11.5 Å². The minimum absolute atomic E-state index is 0.0128. The van der Waals surface area contributed by atoms with E-state index in [2.05, 4.69) is 16.3 Å². The van der Waals surface area contributed by atoms with E-state index >= 15 is 0 Å². The van der Waals surface area contributed by atoms with Crippen molar-refractivity contribution in [3.05, 3.63) is 29.8 Å². The van der Waals surface area contributed by atoms with E-state index in [1.807, 2.05) is 18.2 Å². The van der Waals surface area contributed by atoms with Gasteiger partial charge in [-0.15, -0.1) is 0 Å². The summed E-state index contributed by atoms with van der Waals surface area (Å²) in [4.78, 5) is 26.2. The van der Waals surface area contributed by atoms with E-state index in [0.29, 0.717) is 12.5 Å². The fourth-order valence-electron chi connectivity index (χ4n) is 4.28. The molecule has 0 radical (unpaired) electrons. The molecule has 0 spiro atoms. The first-order chi connectivity index (χ1) is 12.6. The fraction of sp³-hybridized carbons (Fsp3) is 0.600. The van der Waals surface area contributed by atoms with Crippen LogP contribution < -0.4 is 16.8 Å². The number of hydrogen-bond acceptors (Lipinski definition) is 4. The summed E-state index contributed by atoms with van der Waals surface area (Å²) in [6.45, 7) is 3.17. The molecule has 1 aromatic rings. The quantitative estimate of drug-likeness (QED) is 0.720. The third kappa shape index (κ3) is 4.62. The standard InChI is InChI=1S/C20H30N4O2/c21-12-16-4-2-6-18(16)20(26)23-17-5-1-3-14(11-17)13-24-9-7-15(8-10-24)19(22)25/h1,3,5,11,15-16,18H,2,4,6-10,12-13,21H2,(H2,22,25)(H,23,26)/t16-,18-/m1/s1. The Bertz CT molecular complexity index is 640. The van der Waals surface area contributed by atoms with E-state index in [1.165, 1.54) is 5.56 Å². The lowest BCUT2D eigenvalue weighted by Gasteiger charge is -2.30. The second kappa shape index (κ2) is 8.64. The Balaban J connectivity index is 1.55. The molecule has 26 heavy (non-hydrogen) atoms. The van der Waals surface area contributed by atoms with Gasteiger partial charge >= 0.3 is 0 Å². The number of hydrogen-bond donors (Lipinski definition) is 3. The normalized spacial score (nSPS) is 24.5. The largest absolute Gasteiger partial charge is 0.369 e. The molecule has 6 heteroatoms. The van der Waals surface area contributed by atoms with Gasteiger partial charge < -0.3 is 16.8 Å². The van der Waals surface area contributed by atoms with Gasteiger partial charge in [0.25, 0.3) is 0 Å². The van der Waals surface area contributed by atoms with Gasteiger partial charge in [-0.3, -0.25) is 14.5 Å². The second-order valence-electron chi connectivity index (χ2n) is 7.68. The molecule has 1 saturated carbocycles. The van der Waals surface area contributed by atoms with Gasteiger partial charge in [-0.05, 0) is 68.9 Å². The highest BCUT2D eigenvalue weighted by atomic mass is 16.2. The Morgan fingerprint density at radius 1 is 1.15 bits per heavy atom. The van der Waals surface area contributed by atoms with Crippen LogP contribution in [-0.4, -0.2) is 36.3 Å². The summed E-state index contributed by atoms with van der Waals surface area (Å²) in [5, 5.41) is 3.07. The summed E-state index contributed by atoms with van der Waals surface area (Å²) in [7, 11) is 0. The van der Waals surface area contributed by atoms with Gasteiger partial charge in [0.15, 0.2) is 0 Å². The van der Waals surface area contributed by atoms with E-state index in [-0.39, 0.29) is 23.7 Å². The minimum Gasteiger partial charge on any atom is -0.369 e. The Labute approximate surface area is 155 Å². The van der Waals surface area contributed by atoms with Crippen molar-refractivity contribution in [3.8, 4) is 0 Å². The number of anilines is 1. The summed E-state index contributed by atoms with van der Waals surface area (Å²) in [5.41, 5.74) is 13.2. The molecule has 3 rings (SSSR count). The number of nitrogens with two attached hydrogens (primary N) is 2. The van der Waals surface area contributed by atoms with Crippen molar-refractivity contribution in [2.45, 2.75) is 38.6 Å². The molecule has 5 N–H and O–H groups in total. The van der Waals surface area contributed by atoms with Gasteiger partial charge in [-0.2, -0.15) is 0 Å². The van der Waals surface area contributed by atoms with E-state index in [9.17, 15) is 9.59 Å². The number of carbonyl (C=O) groups excluding carboxylic acids is 2. The molecule has 142 valence electrons. The lowest BCUT2D eigenvalue weighted by atomic mass is 9.95. The van der Waals surface area contributed by atoms with Gasteiger partial charge in [-0.25, -0.2) is 0 Å². The Hall–Kier alpha value is -1.92. The molecule has 2 fully saturated rings. The third-order valence-corrected chi connectivity index (χ3v) is 5.89. The Morgan fingerprint density at radius 3 is 2.62 bits per heavy atom. The van der Waals surface area contributed by atoms with Crippen LogP contribution in [-0.2, 0) is 16.1 Å². The van der Waals surface area contributed by atoms with Crippen LogP contribution in [0.5, 0.6) is 0 Å². The number of nitrogens with one attached hydrogen (secondary N) is 1. The van der Waals surface area contributed by atoms with Gasteiger partial charge in [-0.1, -0.05) is 18.6 Å². The maximum atomic E-state index is 12.6. The average Bonchev–Trinajstić information content (AvgIpc) is 3.11. The number of benzene rings is 1. The van der Waals surface area contributed by atoms with Crippen LogP contribution in [0, 0.1) is 17.8 Å². The van der Waals surface area contributed by atoms with Gasteiger partial charge in [0, 0.05) is 24.1 Å². The van der Waals surface area contributed by atoms with Gasteiger partial charge in [0.2, 0.25) is 11.8 Å². The molecule has 1 aromatic carbocycles. The molecular weight excluding hydrogens is 328 g/mol. The topological polar surface area (TPSA) is 101 Å². The van der Waals surface area contributed by atoms with Crippen LogP contribution in [0.25, 0.3) is 0 Å². The lowest BCUT2D eigenvalue weighted by molar-refractivity contribution is -0.123. The van der Waals surface area contributed by atoms with Crippen LogP contribution in [0.3, 0.4) is 0 Å². The molecule has 2 amide bonds. The second-order valence-corrected chi connectivity index (χ2v) is 7.68. The number of carbonyl (C=O) groups is 2. The molecule has 1 aliphatic heterocycles. The highest BCUT2D eigenvalue weighted by Crippen LogP contribution is 2.32. The van der Waals surface area contributed by atoms with Crippen molar-refractivity contribution in [1.82, 2.24) is 4.90 Å². The van der Waals surface area contributed by atoms with Crippen molar-refractivity contribution in [3.63, 3.8) is 0 Å². The van der Waals surface area contributed by atoms with E-state index < -0.39 is 0 Å². The van der Waals surface area contributed by atoms with Crippen molar-refractivity contribution in [2.75, 3.05) is 25.0 Å². The maximum Gasteiger partial charge on any atom is 0.227 e. The van der Waals surface area contributed by atoms with Crippen LogP contribution >= 0.6 is 0 Å². The summed E-state index contributed by atoms with van der Waals surface area (Å²) >= 11 is 0. The molecule has 1 aliphatic carbocycles. The predicted octanol–water partition coefficient (Wildman–Crippen LogP) is 1.70. The van der Waals surface area contributed by atoms with Gasteiger partial charge in [0.1, 0.15) is 0 Å². The zero-order valence-electron chi connectivity index (χ0n) is 15.3. The van der Waals surface area contributed by atoms with Crippen molar-refractivity contribution in [2.24, 2.45) is 29.2 Å². The summed E-state index contributed by atoms with van der Waals surface area (Å²) in [6.07, 6.45) is 4.72. The van der Waals surface area contributed by atoms with Crippen molar-refractivity contribution in [1.29, 1.82) is 0 Å². The highest BCUT2D eigenvalue weighted by Gasteiger charge is 2.32. The van der Waals surface area contributed by atoms with E-state index in [0.717, 1.165) is 57.4 Å². The molecular formula is C20H30N4O2. The zero-order valence-corrected chi connectivity index (χ0v) is 15.3. The monoisotopic (exact) mass is 358 g/mol. The van der Waals surface area contributed by atoms with E-state index in [1.54, 1.807) is 0 Å². The number of amides is 2. The van der Waals surface area contributed by atoms with Crippen LogP contribution in [0.2, 0.25) is 0 Å². The number of nitrogens with zero attached hydrogens (tertiary/aromatic N) is 1. The first kappa shape index (κ1) is 18.9. The van der Waals surface area contributed by atoms with Gasteiger partial charge in [0.05, 0.1) is 0 Å². The Kier molecular flexibility index (Phi) is 6.27. The smallest absolute Gasteiger partial charge is 0.227 e. The predicted molar refractivity (Wildman–Crippen MR) is 102 cm³/mol. The molecule has 0 aromatic heterocycles. The van der Waals surface area contributed by atoms with Crippen LogP contribution in [0.4, 0.5) is 5.69 Å². The zero-order chi connectivity index (χ0) is 18.5. The summed E-state index contributed by atoms with van der Waals surface area (Å²) < 4.78 is 0.